The number of hydrogen-bond donors (Lipinski definition) is 1. The van der Waals surface area contributed by atoms with Crippen LogP contribution in [-0.2, 0) is 5.41 Å². The van der Waals surface area contributed by atoms with E-state index < -0.39 is 0 Å². The summed E-state index contributed by atoms with van der Waals surface area (Å²) in [5.74, 6) is -0.0991. The molecule has 0 saturated carbocycles. The number of allylic oxidation sites excluding steroid dienone is 7. The molecule has 5 rings (SSSR count). The smallest absolute Gasteiger partial charge is 0.259 e. The Morgan fingerprint density at radius 3 is 2.76 bits per heavy atom. The summed E-state index contributed by atoms with van der Waals surface area (Å²) in [6.45, 7) is 10.8. The number of nitrogens with zero attached hydrogens (tertiary/aromatic N) is 1. The summed E-state index contributed by atoms with van der Waals surface area (Å²) in [5.41, 5.74) is 6.97. The van der Waals surface area contributed by atoms with E-state index in [1.807, 2.05) is 53.5 Å². The highest BCUT2D eigenvalue weighted by molar-refractivity contribution is 6.27. The largest absolute Gasteiger partial charge is 0.317 e. The number of amides is 1. The zero-order chi connectivity index (χ0) is 26.0. The first-order valence-electron chi connectivity index (χ1n) is 13.5. The summed E-state index contributed by atoms with van der Waals surface area (Å²) >= 11 is 0. The monoisotopic (exact) mass is 492 g/mol. The van der Waals surface area contributed by atoms with Gasteiger partial charge in [-0.2, -0.15) is 0 Å². The summed E-state index contributed by atoms with van der Waals surface area (Å²) in [6.07, 6.45) is 12.6. The molecule has 4 heteroatoms. The number of hydrogen-bond acceptors (Lipinski definition) is 3. The topological polar surface area (TPSA) is 49.4 Å². The van der Waals surface area contributed by atoms with Crippen molar-refractivity contribution in [3.63, 3.8) is 0 Å². The lowest BCUT2D eigenvalue weighted by Crippen LogP contribution is -2.39. The lowest BCUT2D eigenvalue weighted by molar-refractivity contribution is 0.0968. The van der Waals surface area contributed by atoms with Crippen molar-refractivity contribution in [3.05, 3.63) is 107 Å². The van der Waals surface area contributed by atoms with Crippen molar-refractivity contribution >= 4 is 23.0 Å². The molecule has 0 spiro atoms. The molecule has 4 nitrogen and oxygen atoms in total. The van der Waals surface area contributed by atoms with Gasteiger partial charge in [-0.25, -0.2) is 0 Å². The third-order valence-corrected chi connectivity index (χ3v) is 8.13. The van der Waals surface area contributed by atoms with Crippen LogP contribution in [0.1, 0.15) is 77.8 Å². The second kappa shape index (κ2) is 10.5. The maximum absolute atomic E-state index is 14.2. The van der Waals surface area contributed by atoms with Crippen molar-refractivity contribution in [2.75, 3.05) is 24.5 Å². The van der Waals surface area contributed by atoms with Gasteiger partial charge in [0.2, 0.25) is 0 Å². The Morgan fingerprint density at radius 2 is 1.95 bits per heavy atom. The number of Topliss-reactive ketones (excluding diaryl/α,β-unsaturated/α-hetero) is 1. The van der Waals surface area contributed by atoms with Gasteiger partial charge in [0.25, 0.3) is 5.91 Å². The minimum Gasteiger partial charge on any atom is -0.317 e. The summed E-state index contributed by atoms with van der Waals surface area (Å²) in [4.78, 5) is 29.6. The predicted octanol–water partition coefficient (Wildman–Crippen LogP) is 6.80. The molecule has 3 aliphatic rings. The lowest BCUT2D eigenvalue weighted by atomic mass is 9.77. The van der Waals surface area contributed by atoms with Gasteiger partial charge in [0.05, 0.1) is 5.56 Å². The quantitative estimate of drug-likeness (QED) is 0.309. The number of carbonyl (C=O) groups is 2. The van der Waals surface area contributed by atoms with Crippen LogP contribution in [-0.4, -0.2) is 31.3 Å². The van der Waals surface area contributed by atoms with Crippen LogP contribution in [0.4, 0.5) is 5.69 Å². The molecular formula is C33H36N2O2. The van der Waals surface area contributed by atoms with Crippen LogP contribution in [0, 0.1) is 0 Å². The van der Waals surface area contributed by atoms with Crippen molar-refractivity contribution in [2.24, 2.45) is 0 Å². The highest BCUT2D eigenvalue weighted by Crippen LogP contribution is 2.46. The van der Waals surface area contributed by atoms with Crippen LogP contribution in [0.15, 0.2) is 84.5 Å². The number of para-hydroxylation sites is 1. The molecule has 1 N–H and O–H groups in total. The van der Waals surface area contributed by atoms with E-state index in [4.69, 9.17) is 0 Å². The molecule has 1 heterocycles. The first-order chi connectivity index (χ1) is 18.0. The van der Waals surface area contributed by atoms with E-state index in [0.717, 1.165) is 61.2 Å². The van der Waals surface area contributed by atoms with Gasteiger partial charge in [-0.05, 0) is 81.0 Å². The molecule has 37 heavy (non-hydrogen) atoms. The summed E-state index contributed by atoms with van der Waals surface area (Å²) < 4.78 is 0. The molecule has 1 aliphatic heterocycles. The van der Waals surface area contributed by atoms with Gasteiger partial charge in [-0.3, -0.25) is 9.59 Å². The van der Waals surface area contributed by atoms with E-state index in [1.54, 1.807) is 0 Å². The zero-order valence-corrected chi connectivity index (χ0v) is 22.0. The predicted molar refractivity (Wildman–Crippen MR) is 152 cm³/mol. The van der Waals surface area contributed by atoms with Gasteiger partial charge in [0.15, 0.2) is 5.78 Å². The fraction of sp³-hybridized carbons (Fsp3) is 0.333. The van der Waals surface area contributed by atoms with E-state index >= 15 is 0 Å². The third-order valence-electron chi connectivity index (χ3n) is 8.13. The molecule has 2 aromatic carbocycles. The molecule has 1 unspecified atom stereocenters. The Hall–Kier alpha value is -3.50. The van der Waals surface area contributed by atoms with Crippen molar-refractivity contribution in [3.8, 4) is 0 Å². The van der Waals surface area contributed by atoms with E-state index in [9.17, 15) is 9.59 Å². The third kappa shape index (κ3) is 4.55. The van der Waals surface area contributed by atoms with E-state index in [2.05, 4.69) is 43.9 Å². The molecule has 0 bridgehead atoms. The fourth-order valence-corrected chi connectivity index (χ4v) is 6.06. The SMILES string of the molecule is C=C(C)CCCNCCC1(CC)CN(C(=O)c2cccc3c2C(=O)C2=C3C=CC=CC2)c2ccccc21. The summed E-state index contributed by atoms with van der Waals surface area (Å²) in [6, 6.07) is 14.0. The molecule has 2 aliphatic carbocycles. The lowest BCUT2D eigenvalue weighted by Gasteiger charge is -2.29. The molecule has 1 amide bonds. The van der Waals surface area contributed by atoms with Crippen molar-refractivity contribution in [1.82, 2.24) is 5.32 Å². The van der Waals surface area contributed by atoms with Gasteiger partial charge in [0, 0.05) is 28.8 Å². The molecule has 2 aromatic rings. The van der Waals surface area contributed by atoms with Crippen LogP contribution in [0.2, 0.25) is 0 Å². The van der Waals surface area contributed by atoms with Gasteiger partial charge in [-0.1, -0.05) is 67.1 Å². The van der Waals surface area contributed by atoms with Gasteiger partial charge in [-0.15, -0.1) is 6.58 Å². The molecule has 0 fully saturated rings. The van der Waals surface area contributed by atoms with Crippen LogP contribution in [0.25, 0.3) is 5.57 Å². The number of anilines is 1. The van der Waals surface area contributed by atoms with E-state index in [1.165, 1.54) is 11.1 Å². The second-order valence-electron chi connectivity index (χ2n) is 10.5. The highest BCUT2D eigenvalue weighted by Gasteiger charge is 2.44. The molecule has 190 valence electrons. The summed E-state index contributed by atoms with van der Waals surface area (Å²) in [7, 11) is 0. The average Bonchev–Trinajstić information content (AvgIpc) is 3.24. The molecule has 0 radical (unpaired) electrons. The highest BCUT2D eigenvalue weighted by atomic mass is 16.2. The van der Waals surface area contributed by atoms with E-state index in [-0.39, 0.29) is 17.1 Å². The Balaban J connectivity index is 1.41. The maximum atomic E-state index is 14.2. The molecular weight excluding hydrogens is 456 g/mol. The van der Waals surface area contributed by atoms with Crippen LogP contribution >= 0.6 is 0 Å². The minimum atomic E-state index is -0.113. The number of ketones is 1. The van der Waals surface area contributed by atoms with Gasteiger partial charge < -0.3 is 10.2 Å². The number of nitrogens with one attached hydrogen (secondary N) is 1. The first kappa shape index (κ1) is 25.2. The Labute approximate surface area is 220 Å². The average molecular weight is 493 g/mol. The van der Waals surface area contributed by atoms with Gasteiger partial charge in [0.1, 0.15) is 0 Å². The molecule has 1 atom stereocenters. The second-order valence-corrected chi connectivity index (χ2v) is 10.5. The van der Waals surface area contributed by atoms with Crippen molar-refractivity contribution in [2.45, 2.75) is 51.4 Å². The Kier molecular flexibility index (Phi) is 7.12. The Morgan fingerprint density at radius 1 is 1.11 bits per heavy atom. The number of rotatable bonds is 9. The van der Waals surface area contributed by atoms with Gasteiger partial charge >= 0.3 is 0 Å². The van der Waals surface area contributed by atoms with E-state index in [0.29, 0.717) is 24.1 Å². The number of carbonyl (C=O) groups excluding carboxylic acids is 2. The maximum Gasteiger partial charge on any atom is 0.259 e. The normalized spacial score (nSPS) is 19.6. The standard InChI is InChI=1S/C33H36N2O2/c1-4-33(19-21-34-20-11-12-23(2)3)22-35(29-18-9-8-17-28(29)33)32(37)27-16-10-15-25-24-13-6-5-7-14-26(24)31(36)30(25)27/h5-10,13,15-18,34H,2,4,11-12,14,19-22H2,1,3H3. The number of benzene rings is 2. The first-order valence-corrected chi connectivity index (χ1v) is 13.5. The fourth-order valence-electron chi connectivity index (χ4n) is 6.06. The Bertz CT molecular complexity index is 1350. The van der Waals surface area contributed by atoms with Crippen LogP contribution < -0.4 is 10.2 Å². The minimum absolute atomic E-state index is 0.0154. The van der Waals surface area contributed by atoms with Crippen LogP contribution in [0.3, 0.4) is 0 Å². The van der Waals surface area contributed by atoms with Crippen molar-refractivity contribution < 1.29 is 9.59 Å². The summed E-state index contributed by atoms with van der Waals surface area (Å²) in [5, 5.41) is 3.60. The molecule has 0 aromatic heterocycles. The van der Waals surface area contributed by atoms with Crippen LogP contribution in [0.5, 0.6) is 0 Å². The zero-order valence-electron chi connectivity index (χ0n) is 22.0. The molecule has 0 saturated heterocycles. The number of fused-ring (bicyclic) bond motifs is 3. The van der Waals surface area contributed by atoms with Crippen molar-refractivity contribution in [1.29, 1.82) is 0 Å².